The van der Waals surface area contributed by atoms with Gasteiger partial charge in [-0.25, -0.2) is 9.18 Å². The molecule has 0 bridgehead atoms. The number of piperidine rings is 2. The molecule has 2 aliphatic heterocycles. The highest BCUT2D eigenvalue weighted by Crippen LogP contribution is 2.25. The van der Waals surface area contributed by atoms with Gasteiger partial charge in [0.2, 0.25) is 0 Å². The van der Waals surface area contributed by atoms with Gasteiger partial charge >= 0.3 is 5.97 Å². The molecule has 0 unspecified atom stereocenters. The fourth-order valence-electron chi connectivity index (χ4n) is 4.95. The summed E-state index contributed by atoms with van der Waals surface area (Å²) in [5, 5.41) is 3.43. The van der Waals surface area contributed by atoms with Crippen LogP contribution in [0.25, 0.3) is 0 Å². The van der Waals surface area contributed by atoms with Crippen molar-refractivity contribution >= 4 is 36.7 Å². The Labute approximate surface area is 230 Å². The van der Waals surface area contributed by atoms with E-state index in [1.54, 1.807) is 36.4 Å². The van der Waals surface area contributed by atoms with Crippen molar-refractivity contribution in [2.45, 2.75) is 44.3 Å². The van der Waals surface area contributed by atoms with Gasteiger partial charge < -0.3 is 24.6 Å². The maximum absolute atomic E-state index is 13.6. The standard InChI is InChI=1S/C27H34FN3O4.2ClH/c1-34-26(32)19-35-25-8-4-21(5-9-25)27(33)31(18-20-2-6-22(28)7-3-20)24-12-16-30(17-13-24)23-10-14-29-15-11-23;;/h2-9,23-24,29H,10-19H2,1H3;2*1H. The van der Waals surface area contributed by atoms with Gasteiger partial charge in [0.05, 0.1) is 7.11 Å². The first-order chi connectivity index (χ1) is 17.0. The van der Waals surface area contributed by atoms with E-state index in [0.717, 1.165) is 44.6 Å². The molecular formula is C27H36Cl2FN3O4. The summed E-state index contributed by atoms with van der Waals surface area (Å²) < 4.78 is 23.5. The number of methoxy groups -OCH3 is 1. The maximum atomic E-state index is 13.6. The predicted octanol–water partition coefficient (Wildman–Crippen LogP) is 4.08. The fourth-order valence-corrected chi connectivity index (χ4v) is 4.95. The number of hydrogen-bond donors (Lipinski definition) is 1. The molecule has 0 spiro atoms. The maximum Gasteiger partial charge on any atom is 0.343 e. The highest BCUT2D eigenvalue weighted by molar-refractivity contribution is 5.94. The Morgan fingerprint density at radius 2 is 1.59 bits per heavy atom. The second-order valence-electron chi connectivity index (χ2n) is 9.20. The fraction of sp³-hybridized carbons (Fsp3) is 0.481. The SMILES string of the molecule is COC(=O)COc1ccc(C(=O)N(Cc2ccc(F)cc2)C2CCN(C3CCNCC3)CC2)cc1.Cl.Cl. The third kappa shape index (κ3) is 8.57. The highest BCUT2D eigenvalue weighted by Gasteiger charge is 2.31. The molecule has 2 fully saturated rings. The monoisotopic (exact) mass is 555 g/mol. The molecule has 2 aliphatic rings. The van der Waals surface area contributed by atoms with E-state index in [2.05, 4.69) is 15.0 Å². The minimum atomic E-state index is -0.466. The zero-order valence-electron chi connectivity index (χ0n) is 21.1. The largest absolute Gasteiger partial charge is 0.482 e. The van der Waals surface area contributed by atoms with Gasteiger partial charge in [-0.15, -0.1) is 24.8 Å². The molecule has 10 heteroatoms. The number of nitrogens with one attached hydrogen (secondary N) is 1. The number of likely N-dealkylation sites (tertiary alicyclic amines) is 1. The molecular weight excluding hydrogens is 520 g/mol. The van der Waals surface area contributed by atoms with Crippen molar-refractivity contribution in [2.24, 2.45) is 0 Å². The summed E-state index contributed by atoms with van der Waals surface area (Å²) >= 11 is 0. The number of rotatable bonds is 8. The molecule has 1 N–H and O–H groups in total. The van der Waals surface area contributed by atoms with Crippen LogP contribution in [-0.2, 0) is 16.1 Å². The molecule has 7 nitrogen and oxygen atoms in total. The summed E-state index contributed by atoms with van der Waals surface area (Å²) in [4.78, 5) is 29.4. The van der Waals surface area contributed by atoms with Crippen LogP contribution in [0.5, 0.6) is 5.75 Å². The van der Waals surface area contributed by atoms with Crippen LogP contribution in [-0.4, -0.2) is 73.7 Å². The van der Waals surface area contributed by atoms with E-state index in [-0.39, 0.29) is 49.2 Å². The van der Waals surface area contributed by atoms with Gasteiger partial charge in [-0.2, -0.15) is 0 Å². The number of benzene rings is 2. The quantitative estimate of drug-likeness (QED) is 0.495. The highest BCUT2D eigenvalue weighted by atomic mass is 35.5. The molecule has 0 atom stereocenters. The van der Waals surface area contributed by atoms with Crippen LogP contribution in [0.15, 0.2) is 48.5 Å². The normalized spacial score (nSPS) is 16.7. The number of ether oxygens (including phenoxy) is 2. The number of carbonyl (C=O) groups excluding carboxylic acids is 2. The Morgan fingerprint density at radius 1 is 0.973 bits per heavy atom. The van der Waals surface area contributed by atoms with Crippen LogP contribution in [0.3, 0.4) is 0 Å². The minimum Gasteiger partial charge on any atom is -0.482 e. The van der Waals surface area contributed by atoms with E-state index in [4.69, 9.17) is 4.74 Å². The zero-order chi connectivity index (χ0) is 24.6. The molecule has 0 aromatic heterocycles. The van der Waals surface area contributed by atoms with Gasteiger partial charge in [0, 0.05) is 37.3 Å². The topological polar surface area (TPSA) is 71.1 Å². The third-order valence-electron chi connectivity index (χ3n) is 6.98. The van der Waals surface area contributed by atoms with Crippen LogP contribution >= 0.6 is 24.8 Å². The second kappa shape index (κ2) is 15.1. The van der Waals surface area contributed by atoms with Gasteiger partial charge in [0.15, 0.2) is 6.61 Å². The van der Waals surface area contributed by atoms with Crippen molar-refractivity contribution < 1.29 is 23.5 Å². The first kappa shape index (κ1) is 30.8. The Balaban J connectivity index is 0.00000241. The van der Waals surface area contributed by atoms with E-state index in [1.165, 1.54) is 32.1 Å². The molecule has 2 heterocycles. The predicted molar refractivity (Wildman–Crippen MR) is 145 cm³/mol. The van der Waals surface area contributed by atoms with Crippen LogP contribution in [0.4, 0.5) is 4.39 Å². The summed E-state index contributed by atoms with van der Waals surface area (Å²) in [6, 6.07) is 13.9. The number of esters is 1. The van der Waals surface area contributed by atoms with Crippen molar-refractivity contribution in [2.75, 3.05) is 39.9 Å². The molecule has 2 aromatic carbocycles. The summed E-state index contributed by atoms with van der Waals surface area (Å²) in [5.74, 6) is -0.322. The van der Waals surface area contributed by atoms with Crippen LogP contribution < -0.4 is 10.1 Å². The molecule has 1 amide bonds. The van der Waals surface area contributed by atoms with Gasteiger partial charge in [-0.1, -0.05) is 12.1 Å². The Hall–Kier alpha value is -2.39. The molecule has 0 radical (unpaired) electrons. The molecule has 2 saturated heterocycles. The molecule has 204 valence electrons. The van der Waals surface area contributed by atoms with E-state index < -0.39 is 5.97 Å². The van der Waals surface area contributed by atoms with E-state index in [1.807, 2.05) is 4.90 Å². The number of nitrogens with zero attached hydrogens (tertiary/aromatic N) is 2. The lowest BCUT2D eigenvalue weighted by Gasteiger charge is -2.42. The molecule has 37 heavy (non-hydrogen) atoms. The molecule has 2 aromatic rings. The lowest BCUT2D eigenvalue weighted by atomic mass is 9.96. The summed E-state index contributed by atoms with van der Waals surface area (Å²) in [6.45, 7) is 4.33. The second-order valence-corrected chi connectivity index (χ2v) is 9.20. The van der Waals surface area contributed by atoms with Crippen molar-refractivity contribution in [3.63, 3.8) is 0 Å². The Morgan fingerprint density at radius 3 is 2.19 bits per heavy atom. The zero-order valence-corrected chi connectivity index (χ0v) is 22.7. The minimum absolute atomic E-state index is 0. The molecule has 4 rings (SSSR count). The number of halogens is 3. The van der Waals surface area contributed by atoms with Gasteiger partial charge in [0.1, 0.15) is 11.6 Å². The smallest absolute Gasteiger partial charge is 0.343 e. The Kier molecular flexibility index (Phi) is 12.6. The van der Waals surface area contributed by atoms with E-state index in [0.29, 0.717) is 23.9 Å². The van der Waals surface area contributed by atoms with Crippen LogP contribution in [0.1, 0.15) is 41.6 Å². The summed E-state index contributed by atoms with van der Waals surface area (Å²) in [5.41, 5.74) is 1.46. The molecule has 0 saturated carbocycles. The lowest BCUT2D eigenvalue weighted by Crippen LogP contribution is -2.51. The lowest BCUT2D eigenvalue weighted by molar-refractivity contribution is -0.142. The molecule has 0 aliphatic carbocycles. The van der Waals surface area contributed by atoms with Crippen LogP contribution in [0.2, 0.25) is 0 Å². The average Bonchev–Trinajstić information content (AvgIpc) is 2.92. The van der Waals surface area contributed by atoms with Gasteiger partial charge in [0.25, 0.3) is 5.91 Å². The number of hydrogen-bond acceptors (Lipinski definition) is 6. The summed E-state index contributed by atoms with van der Waals surface area (Å²) in [6.07, 6.45) is 4.18. The van der Waals surface area contributed by atoms with Crippen molar-refractivity contribution in [3.8, 4) is 5.75 Å². The summed E-state index contributed by atoms with van der Waals surface area (Å²) in [7, 11) is 1.31. The van der Waals surface area contributed by atoms with Crippen molar-refractivity contribution in [1.82, 2.24) is 15.1 Å². The van der Waals surface area contributed by atoms with Gasteiger partial charge in [-0.05, 0) is 80.7 Å². The number of carbonyl (C=O) groups is 2. The third-order valence-corrected chi connectivity index (χ3v) is 6.98. The average molecular weight is 557 g/mol. The first-order valence-electron chi connectivity index (χ1n) is 12.3. The van der Waals surface area contributed by atoms with E-state index >= 15 is 0 Å². The van der Waals surface area contributed by atoms with Crippen molar-refractivity contribution in [1.29, 1.82) is 0 Å². The number of amides is 1. The van der Waals surface area contributed by atoms with Crippen molar-refractivity contribution in [3.05, 3.63) is 65.5 Å². The van der Waals surface area contributed by atoms with E-state index in [9.17, 15) is 14.0 Å². The first-order valence-corrected chi connectivity index (χ1v) is 12.3. The van der Waals surface area contributed by atoms with Gasteiger partial charge in [-0.3, -0.25) is 4.79 Å². The van der Waals surface area contributed by atoms with Crippen LogP contribution in [0, 0.1) is 5.82 Å². The Bertz CT molecular complexity index is 980.